The summed E-state index contributed by atoms with van der Waals surface area (Å²) in [5.74, 6) is -0.355. The number of halogens is 2. The molecule has 30 heavy (non-hydrogen) atoms. The molecule has 6 nitrogen and oxygen atoms in total. The topological polar surface area (TPSA) is 81.7 Å². The fourth-order valence-corrected chi connectivity index (χ4v) is 4.58. The zero-order chi connectivity index (χ0) is 21.5. The average molecular weight is 448 g/mol. The minimum Gasteiger partial charge on any atom is -0.359 e. The second kappa shape index (κ2) is 8.10. The van der Waals surface area contributed by atoms with Crippen molar-refractivity contribution in [2.75, 3.05) is 10.2 Å². The van der Waals surface area contributed by atoms with Crippen LogP contribution in [0.4, 0.5) is 16.2 Å². The Morgan fingerprint density at radius 2 is 1.90 bits per heavy atom. The zero-order valence-corrected chi connectivity index (χ0v) is 18.0. The Hall–Kier alpha value is -2.28. The molecule has 1 fully saturated rings. The lowest BCUT2D eigenvalue weighted by Gasteiger charge is -2.44. The lowest BCUT2D eigenvalue weighted by atomic mass is 9.85. The summed E-state index contributed by atoms with van der Waals surface area (Å²) in [6.45, 7) is 2.09. The number of nitrogens with one attached hydrogen (secondary N) is 2. The highest BCUT2D eigenvalue weighted by Gasteiger charge is 2.52. The molecular formula is C22H23Cl2N3O3. The summed E-state index contributed by atoms with van der Waals surface area (Å²) in [6, 6.07) is 10.5. The molecule has 8 heteroatoms. The van der Waals surface area contributed by atoms with Crippen molar-refractivity contribution in [3.63, 3.8) is 0 Å². The molecule has 4 rings (SSSR count). The van der Waals surface area contributed by atoms with E-state index in [2.05, 4.69) is 17.6 Å². The Morgan fingerprint density at radius 3 is 2.63 bits per heavy atom. The van der Waals surface area contributed by atoms with E-state index in [1.807, 2.05) is 0 Å². The van der Waals surface area contributed by atoms with Gasteiger partial charge in [0.2, 0.25) is 0 Å². The van der Waals surface area contributed by atoms with Gasteiger partial charge in [0.15, 0.2) is 0 Å². The van der Waals surface area contributed by atoms with E-state index < -0.39 is 17.7 Å². The highest BCUT2D eigenvalue weighted by atomic mass is 35.5. The largest absolute Gasteiger partial charge is 0.359 e. The summed E-state index contributed by atoms with van der Waals surface area (Å²) in [5.41, 5.74) is -1.32. The van der Waals surface area contributed by atoms with Gasteiger partial charge in [-0.1, -0.05) is 61.2 Å². The van der Waals surface area contributed by atoms with Crippen LogP contribution in [0.15, 0.2) is 42.5 Å². The second-order valence-corrected chi connectivity index (χ2v) is 8.74. The zero-order valence-electron chi connectivity index (χ0n) is 16.5. The number of benzene rings is 2. The first-order chi connectivity index (χ1) is 14.3. The number of nitrogens with zero attached hydrogens (tertiary/aromatic N) is 1. The van der Waals surface area contributed by atoms with E-state index in [0.717, 1.165) is 30.6 Å². The Balaban J connectivity index is 1.80. The monoisotopic (exact) mass is 447 g/mol. The van der Waals surface area contributed by atoms with E-state index >= 15 is 0 Å². The average Bonchev–Trinajstić information content (AvgIpc) is 2.72. The fourth-order valence-electron chi connectivity index (χ4n) is 4.29. The molecule has 3 atom stereocenters. The van der Waals surface area contributed by atoms with Gasteiger partial charge in [-0.3, -0.25) is 9.69 Å². The number of rotatable bonds is 3. The van der Waals surface area contributed by atoms with Gasteiger partial charge in [0, 0.05) is 11.6 Å². The van der Waals surface area contributed by atoms with Crippen LogP contribution in [0.3, 0.4) is 0 Å². The molecule has 0 unspecified atom stereocenters. The third kappa shape index (κ3) is 3.53. The number of anilines is 2. The van der Waals surface area contributed by atoms with Gasteiger partial charge in [0.05, 0.1) is 21.4 Å². The lowest BCUT2D eigenvalue weighted by molar-refractivity contribution is -0.141. The maximum Gasteiger partial charge on any atom is 0.329 e. The van der Waals surface area contributed by atoms with Gasteiger partial charge in [0.1, 0.15) is 0 Å². The fraction of sp³-hybridized carbons (Fsp3) is 0.364. The first-order valence-corrected chi connectivity index (χ1v) is 10.8. The number of para-hydroxylation sites is 1. The van der Waals surface area contributed by atoms with Crippen molar-refractivity contribution >= 4 is 46.5 Å². The summed E-state index contributed by atoms with van der Waals surface area (Å²) in [5, 5.41) is 18.1. The van der Waals surface area contributed by atoms with E-state index in [1.165, 1.54) is 12.1 Å². The minimum absolute atomic E-state index is 0.0666. The van der Waals surface area contributed by atoms with E-state index in [0.29, 0.717) is 10.7 Å². The Bertz CT molecular complexity index is 999. The first kappa shape index (κ1) is 21.0. The SMILES string of the molecule is C[C@H]1CCCC[C@@H]1NC(=O)[C@]1(O)c2ccccc2NC(=O)N1c1ccc(Cl)c(Cl)c1. The number of hydrogen-bond acceptors (Lipinski definition) is 3. The molecule has 0 radical (unpaired) electrons. The summed E-state index contributed by atoms with van der Waals surface area (Å²) in [6.07, 6.45) is 3.99. The predicted molar refractivity (Wildman–Crippen MR) is 118 cm³/mol. The highest BCUT2D eigenvalue weighted by molar-refractivity contribution is 6.42. The van der Waals surface area contributed by atoms with Crippen molar-refractivity contribution in [2.45, 2.75) is 44.4 Å². The van der Waals surface area contributed by atoms with Crippen molar-refractivity contribution in [1.29, 1.82) is 0 Å². The van der Waals surface area contributed by atoms with Crippen molar-refractivity contribution in [3.05, 3.63) is 58.1 Å². The number of carbonyl (C=O) groups excluding carboxylic acids is 2. The van der Waals surface area contributed by atoms with Crippen LogP contribution in [0.5, 0.6) is 0 Å². The third-order valence-corrected chi connectivity index (χ3v) is 6.72. The number of hydrogen-bond donors (Lipinski definition) is 3. The summed E-state index contributed by atoms with van der Waals surface area (Å²) >= 11 is 12.2. The lowest BCUT2D eigenvalue weighted by Crippen LogP contribution is -2.64. The summed E-state index contributed by atoms with van der Waals surface area (Å²) in [4.78, 5) is 27.6. The van der Waals surface area contributed by atoms with Gasteiger partial charge in [-0.15, -0.1) is 0 Å². The van der Waals surface area contributed by atoms with E-state index in [-0.39, 0.29) is 28.2 Å². The Kier molecular flexibility index (Phi) is 5.66. The van der Waals surface area contributed by atoms with Crippen LogP contribution in [0, 0.1) is 5.92 Å². The number of urea groups is 1. The molecule has 3 N–H and O–H groups in total. The van der Waals surface area contributed by atoms with Crippen LogP contribution < -0.4 is 15.5 Å². The number of carbonyl (C=O) groups is 2. The number of amides is 3. The van der Waals surface area contributed by atoms with Crippen LogP contribution >= 0.6 is 23.2 Å². The molecular weight excluding hydrogens is 425 g/mol. The molecule has 3 amide bonds. The number of fused-ring (bicyclic) bond motifs is 1. The molecule has 0 bridgehead atoms. The van der Waals surface area contributed by atoms with Crippen LogP contribution in [-0.4, -0.2) is 23.1 Å². The molecule has 0 saturated heterocycles. The van der Waals surface area contributed by atoms with Crippen molar-refractivity contribution in [2.24, 2.45) is 5.92 Å². The van der Waals surface area contributed by atoms with Gasteiger partial charge in [-0.2, -0.15) is 0 Å². The molecule has 158 valence electrons. The van der Waals surface area contributed by atoms with E-state index in [1.54, 1.807) is 30.3 Å². The van der Waals surface area contributed by atoms with Gasteiger partial charge in [-0.25, -0.2) is 4.79 Å². The standard InChI is InChI=1S/C22H23Cl2N3O3/c1-13-6-2-4-8-18(13)25-20(28)22(30)15-7-3-5-9-19(15)26-21(29)27(22)14-10-11-16(23)17(24)12-14/h3,5,7,9-13,18,30H,2,4,6,8H2,1H3,(H,25,28)(H,26,29)/t13-,18-,22+/m0/s1. The molecule has 2 aromatic rings. The molecule has 0 aromatic heterocycles. The van der Waals surface area contributed by atoms with E-state index in [9.17, 15) is 14.7 Å². The van der Waals surface area contributed by atoms with E-state index in [4.69, 9.17) is 23.2 Å². The number of aliphatic hydroxyl groups is 1. The maximum atomic E-state index is 13.5. The van der Waals surface area contributed by atoms with Gasteiger partial charge >= 0.3 is 6.03 Å². The first-order valence-electron chi connectivity index (χ1n) is 10.0. The van der Waals surface area contributed by atoms with Crippen molar-refractivity contribution in [1.82, 2.24) is 5.32 Å². The van der Waals surface area contributed by atoms with Crippen molar-refractivity contribution < 1.29 is 14.7 Å². The second-order valence-electron chi connectivity index (χ2n) is 7.92. The van der Waals surface area contributed by atoms with Crippen LogP contribution in [0.1, 0.15) is 38.2 Å². The van der Waals surface area contributed by atoms with Gasteiger partial charge < -0.3 is 15.7 Å². The van der Waals surface area contributed by atoms with Crippen LogP contribution in [0.2, 0.25) is 10.0 Å². The Morgan fingerprint density at radius 1 is 1.17 bits per heavy atom. The quantitative estimate of drug-likeness (QED) is 0.626. The molecule has 1 aliphatic carbocycles. The molecule has 0 spiro atoms. The van der Waals surface area contributed by atoms with Gasteiger partial charge in [-0.05, 0) is 43.0 Å². The molecule has 1 aliphatic heterocycles. The summed E-state index contributed by atoms with van der Waals surface area (Å²) < 4.78 is 0. The van der Waals surface area contributed by atoms with Crippen LogP contribution in [-0.2, 0) is 10.5 Å². The smallest absolute Gasteiger partial charge is 0.329 e. The molecule has 1 heterocycles. The minimum atomic E-state index is -2.24. The molecule has 2 aliphatic rings. The normalized spacial score (nSPS) is 26.0. The predicted octanol–water partition coefficient (Wildman–Crippen LogP) is 4.89. The maximum absolute atomic E-state index is 13.5. The van der Waals surface area contributed by atoms with Crippen molar-refractivity contribution in [3.8, 4) is 0 Å². The highest BCUT2D eigenvalue weighted by Crippen LogP contribution is 2.41. The van der Waals surface area contributed by atoms with Gasteiger partial charge in [0.25, 0.3) is 11.6 Å². The van der Waals surface area contributed by atoms with Crippen LogP contribution in [0.25, 0.3) is 0 Å². The molecule has 2 aromatic carbocycles. The summed E-state index contributed by atoms with van der Waals surface area (Å²) in [7, 11) is 0. The Labute approximate surface area is 185 Å². The third-order valence-electron chi connectivity index (χ3n) is 5.98. The molecule has 1 saturated carbocycles.